The number of aliphatic carboxylic acids is 1. The first kappa shape index (κ1) is 32.5. The Balaban J connectivity index is 1.77. The van der Waals surface area contributed by atoms with Crippen LogP contribution >= 0.6 is 31.9 Å². The summed E-state index contributed by atoms with van der Waals surface area (Å²) in [6, 6.07) is 22.9. The third-order valence-electron chi connectivity index (χ3n) is 7.10. The molecule has 0 aromatic heterocycles. The fraction of sp³-hybridized carbons (Fsp3) is 0.278. The van der Waals surface area contributed by atoms with E-state index < -0.39 is 5.97 Å². The third-order valence-corrected chi connectivity index (χ3v) is 8.28. The van der Waals surface area contributed by atoms with Crippen LogP contribution in [0.3, 0.4) is 0 Å². The lowest BCUT2D eigenvalue weighted by atomic mass is 9.87. The summed E-state index contributed by atoms with van der Waals surface area (Å²) in [4.78, 5) is 25.2. The van der Waals surface area contributed by atoms with E-state index in [1.165, 1.54) is 5.56 Å². The Morgan fingerprint density at radius 2 is 1.51 bits per heavy atom. The van der Waals surface area contributed by atoms with Crippen molar-refractivity contribution >= 4 is 43.6 Å². The number of ether oxygens (including phenoxy) is 2. The van der Waals surface area contributed by atoms with Gasteiger partial charge in [0.1, 0.15) is 18.1 Å². The quantitative estimate of drug-likeness (QED) is 0.166. The molecule has 5 nitrogen and oxygen atoms in total. The minimum absolute atomic E-state index is 0.0612. The van der Waals surface area contributed by atoms with Crippen molar-refractivity contribution in [1.29, 1.82) is 0 Å². The van der Waals surface area contributed by atoms with Gasteiger partial charge in [-0.2, -0.15) is 0 Å². The number of hydrogen-bond donors (Lipinski definition) is 1. The molecule has 4 rings (SSSR count). The molecule has 0 aliphatic heterocycles. The minimum atomic E-state index is -0.930. The van der Waals surface area contributed by atoms with Crippen molar-refractivity contribution in [2.75, 3.05) is 0 Å². The highest BCUT2D eigenvalue weighted by Gasteiger charge is 2.23. The van der Waals surface area contributed by atoms with E-state index in [2.05, 4.69) is 90.7 Å². The molecule has 0 radical (unpaired) electrons. The number of carbonyl (C=O) groups excluding carboxylic acids is 1. The number of carboxylic acid groups (broad SMARTS) is 1. The summed E-state index contributed by atoms with van der Waals surface area (Å²) in [6.07, 6.45) is -0.128. The van der Waals surface area contributed by atoms with Crippen LogP contribution in [-0.4, -0.2) is 16.9 Å². The summed E-state index contributed by atoms with van der Waals surface area (Å²) < 4.78 is 14.0. The summed E-state index contributed by atoms with van der Waals surface area (Å²) in [6.45, 7) is 13.0. The Morgan fingerprint density at radius 3 is 2.07 bits per heavy atom. The summed E-state index contributed by atoms with van der Waals surface area (Å²) in [7, 11) is 0. The first-order chi connectivity index (χ1) is 20.2. The number of aryl methyl sites for hydroxylation is 1. The average Bonchev–Trinajstić information content (AvgIpc) is 2.92. The van der Waals surface area contributed by atoms with E-state index >= 15 is 0 Å². The number of hydrogen-bond acceptors (Lipinski definition) is 4. The SMILES string of the molecule is Cc1cccc(C(=O)c2cc(OCc3ccc(C(C)(C)C)cc3)c(C(C)C)cc2Oc2c(Br)cc(CC(=O)O)cc2Br)c1. The predicted molar refractivity (Wildman–Crippen MR) is 178 cm³/mol. The van der Waals surface area contributed by atoms with Crippen LogP contribution in [0.2, 0.25) is 0 Å². The normalized spacial score (nSPS) is 11.5. The van der Waals surface area contributed by atoms with E-state index in [1.54, 1.807) is 24.3 Å². The van der Waals surface area contributed by atoms with E-state index in [0.29, 0.717) is 49.5 Å². The molecular weight excluding hydrogens is 672 g/mol. The van der Waals surface area contributed by atoms with Gasteiger partial charge in [-0.25, -0.2) is 0 Å². The van der Waals surface area contributed by atoms with Crippen molar-refractivity contribution < 1.29 is 24.2 Å². The van der Waals surface area contributed by atoms with Crippen molar-refractivity contribution in [3.8, 4) is 17.2 Å². The molecule has 7 heteroatoms. The minimum Gasteiger partial charge on any atom is -0.489 e. The first-order valence-electron chi connectivity index (χ1n) is 14.1. The summed E-state index contributed by atoms with van der Waals surface area (Å²) in [5, 5.41) is 9.24. The molecule has 0 aliphatic carbocycles. The van der Waals surface area contributed by atoms with Gasteiger partial charge in [0.05, 0.1) is 20.9 Å². The van der Waals surface area contributed by atoms with Crippen LogP contribution in [0.1, 0.15) is 84.3 Å². The largest absolute Gasteiger partial charge is 0.489 e. The second-order valence-electron chi connectivity index (χ2n) is 12.0. The van der Waals surface area contributed by atoms with Crippen LogP contribution < -0.4 is 9.47 Å². The van der Waals surface area contributed by atoms with Gasteiger partial charge in [-0.1, -0.05) is 82.6 Å². The number of carbonyl (C=O) groups is 2. The van der Waals surface area contributed by atoms with E-state index in [-0.39, 0.29) is 23.5 Å². The molecule has 0 heterocycles. The number of benzene rings is 4. The Labute approximate surface area is 270 Å². The van der Waals surface area contributed by atoms with Gasteiger partial charge in [0.15, 0.2) is 11.5 Å². The molecule has 4 aromatic carbocycles. The van der Waals surface area contributed by atoms with E-state index in [9.17, 15) is 14.7 Å². The van der Waals surface area contributed by atoms with Gasteiger partial charge >= 0.3 is 5.97 Å². The zero-order chi connectivity index (χ0) is 31.5. The van der Waals surface area contributed by atoms with Crippen LogP contribution in [-0.2, 0) is 23.2 Å². The summed E-state index contributed by atoms with van der Waals surface area (Å²) in [5.74, 6) is 0.393. The maximum Gasteiger partial charge on any atom is 0.307 e. The molecular formula is C36H36Br2O5. The van der Waals surface area contributed by atoms with E-state index in [0.717, 1.165) is 16.7 Å². The third kappa shape index (κ3) is 8.15. The Bertz CT molecular complexity index is 1630. The monoisotopic (exact) mass is 706 g/mol. The van der Waals surface area contributed by atoms with E-state index in [4.69, 9.17) is 9.47 Å². The van der Waals surface area contributed by atoms with Crippen LogP contribution in [0.4, 0.5) is 0 Å². The molecule has 1 N–H and O–H groups in total. The maximum absolute atomic E-state index is 14.0. The number of halogens is 2. The van der Waals surface area contributed by atoms with Crippen molar-refractivity contribution in [2.45, 2.75) is 65.9 Å². The highest BCUT2D eigenvalue weighted by molar-refractivity contribution is 9.11. The molecule has 0 saturated carbocycles. The highest BCUT2D eigenvalue weighted by Crippen LogP contribution is 2.42. The molecule has 0 bridgehead atoms. The Morgan fingerprint density at radius 1 is 0.860 bits per heavy atom. The van der Waals surface area contributed by atoms with Crippen LogP contribution in [0.25, 0.3) is 0 Å². The van der Waals surface area contributed by atoms with Gasteiger partial charge in [-0.15, -0.1) is 0 Å². The molecule has 0 saturated heterocycles. The van der Waals surface area contributed by atoms with Gasteiger partial charge in [0, 0.05) is 11.1 Å². The van der Waals surface area contributed by atoms with Crippen molar-refractivity contribution in [2.24, 2.45) is 0 Å². The summed E-state index contributed by atoms with van der Waals surface area (Å²) >= 11 is 7.07. The Hall–Kier alpha value is -3.42. The lowest BCUT2D eigenvalue weighted by Gasteiger charge is -2.21. The van der Waals surface area contributed by atoms with Crippen molar-refractivity contribution in [1.82, 2.24) is 0 Å². The first-order valence-corrected chi connectivity index (χ1v) is 15.7. The van der Waals surface area contributed by atoms with E-state index in [1.807, 2.05) is 31.2 Å². The molecule has 0 amide bonds. The number of carboxylic acids is 1. The summed E-state index contributed by atoms with van der Waals surface area (Å²) in [5.41, 5.74) is 5.73. The molecule has 224 valence electrons. The maximum atomic E-state index is 14.0. The number of ketones is 1. The molecule has 4 aromatic rings. The van der Waals surface area contributed by atoms with Gasteiger partial charge in [0.2, 0.25) is 0 Å². The second-order valence-corrected chi connectivity index (χ2v) is 13.7. The standard InChI is InChI=1S/C36H36Br2O5/c1-21(2)27-18-32(43-35-29(37)15-24(16-30(35)38)17-33(39)40)28(34(41)25-9-7-8-22(3)14-25)19-31(27)42-20-23-10-12-26(13-11-23)36(4,5)6/h7-16,18-19,21H,17,20H2,1-6H3,(H,39,40). The lowest BCUT2D eigenvalue weighted by Crippen LogP contribution is -2.11. The molecule has 0 aliphatic rings. The van der Waals surface area contributed by atoms with Crippen molar-refractivity contribution in [3.05, 3.63) is 121 Å². The molecule has 0 atom stereocenters. The van der Waals surface area contributed by atoms with Gasteiger partial charge < -0.3 is 14.6 Å². The smallest absolute Gasteiger partial charge is 0.307 e. The van der Waals surface area contributed by atoms with Crippen LogP contribution in [0.15, 0.2) is 81.7 Å². The van der Waals surface area contributed by atoms with Gasteiger partial charge in [0.25, 0.3) is 0 Å². The number of rotatable bonds is 10. The van der Waals surface area contributed by atoms with Gasteiger partial charge in [-0.05, 0) is 97.1 Å². The fourth-order valence-corrected chi connectivity index (χ4v) is 6.16. The highest BCUT2D eigenvalue weighted by atomic mass is 79.9. The van der Waals surface area contributed by atoms with Crippen molar-refractivity contribution in [3.63, 3.8) is 0 Å². The second kappa shape index (κ2) is 13.5. The Kier molecular flexibility index (Phi) is 10.2. The molecule has 0 spiro atoms. The van der Waals surface area contributed by atoms with Crippen LogP contribution in [0, 0.1) is 6.92 Å². The zero-order valence-electron chi connectivity index (χ0n) is 25.3. The zero-order valence-corrected chi connectivity index (χ0v) is 28.4. The van der Waals surface area contributed by atoms with Gasteiger partial charge in [-0.3, -0.25) is 9.59 Å². The lowest BCUT2D eigenvalue weighted by molar-refractivity contribution is -0.136. The molecule has 0 fully saturated rings. The molecule has 0 unspecified atom stereocenters. The molecule has 43 heavy (non-hydrogen) atoms. The van der Waals surface area contributed by atoms with Crippen LogP contribution in [0.5, 0.6) is 17.2 Å². The predicted octanol–water partition coefficient (Wildman–Crippen LogP) is 10.2. The topological polar surface area (TPSA) is 72.8 Å². The average molecular weight is 708 g/mol. The fourth-order valence-electron chi connectivity index (χ4n) is 4.71.